The predicted octanol–water partition coefficient (Wildman–Crippen LogP) is 22.5. The van der Waals surface area contributed by atoms with Gasteiger partial charge in [-0.3, -0.25) is 14.4 Å². The lowest BCUT2D eigenvalue weighted by Gasteiger charge is -2.18. The number of carbonyl (C=O) groups is 3. The van der Waals surface area contributed by atoms with Crippen molar-refractivity contribution in [2.24, 2.45) is 0 Å². The first kappa shape index (κ1) is 74.5. The molecule has 0 heterocycles. The summed E-state index contributed by atoms with van der Waals surface area (Å²) in [6, 6.07) is 0. The molecule has 0 aliphatic heterocycles. The number of unbranched alkanes of at least 4 members (excludes halogenated alkanes) is 25. The van der Waals surface area contributed by atoms with Gasteiger partial charge in [0.1, 0.15) is 13.2 Å². The molecule has 0 aromatic rings. The Morgan fingerprint density at radius 1 is 0.253 bits per heavy atom. The van der Waals surface area contributed by atoms with Gasteiger partial charge in [-0.05, 0) is 128 Å². The number of esters is 3. The molecule has 0 amide bonds. The smallest absolute Gasteiger partial charge is 0.306 e. The number of hydrogen-bond donors (Lipinski definition) is 0. The third kappa shape index (κ3) is 64.3. The van der Waals surface area contributed by atoms with Gasteiger partial charge >= 0.3 is 17.9 Å². The van der Waals surface area contributed by atoms with Crippen molar-refractivity contribution in [2.45, 2.75) is 297 Å². The summed E-state index contributed by atoms with van der Waals surface area (Å²) < 4.78 is 16.9. The Hall–Kier alpha value is -4.45. The fourth-order valence-electron chi connectivity index (χ4n) is 8.85. The van der Waals surface area contributed by atoms with Crippen LogP contribution in [0.2, 0.25) is 0 Å². The molecule has 0 saturated carbocycles. The van der Waals surface area contributed by atoms with E-state index in [0.717, 1.165) is 148 Å². The van der Waals surface area contributed by atoms with Gasteiger partial charge in [0.05, 0.1) is 0 Å². The normalized spacial score (nSPS) is 13.0. The van der Waals surface area contributed by atoms with E-state index in [1.54, 1.807) is 0 Å². The Morgan fingerprint density at radius 2 is 0.456 bits per heavy atom. The summed E-state index contributed by atoms with van der Waals surface area (Å²) in [5, 5.41) is 0. The minimum absolute atomic E-state index is 0.0905. The van der Waals surface area contributed by atoms with E-state index in [-0.39, 0.29) is 31.1 Å². The van der Waals surface area contributed by atoms with Gasteiger partial charge in [0.25, 0.3) is 0 Å². The van der Waals surface area contributed by atoms with Crippen molar-refractivity contribution in [3.63, 3.8) is 0 Å². The lowest BCUT2D eigenvalue weighted by atomic mass is 10.0. The van der Waals surface area contributed by atoms with Crippen LogP contribution in [-0.2, 0) is 28.6 Å². The van der Waals surface area contributed by atoms with Crippen molar-refractivity contribution < 1.29 is 28.6 Å². The van der Waals surface area contributed by atoms with E-state index in [1.165, 1.54) is 103 Å². The zero-order valence-corrected chi connectivity index (χ0v) is 51.3. The van der Waals surface area contributed by atoms with E-state index in [0.29, 0.717) is 19.3 Å². The zero-order valence-electron chi connectivity index (χ0n) is 51.3. The van der Waals surface area contributed by atoms with E-state index in [4.69, 9.17) is 14.2 Å². The molecule has 1 unspecified atom stereocenters. The van der Waals surface area contributed by atoms with Crippen LogP contribution >= 0.6 is 0 Å². The molecular formula is C73H120O6. The lowest BCUT2D eigenvalue weighted by molar-refractivity contribution is -0.167. The first-order valence-electron chi connectivity index (χ1n) is 32.7. The molecule has 79 heavy (non-hydrogen) atoms. The van der Waals surface area contributed by atoms with Crippen molar-refractivity contribution >= 4 is 17.9 Å². The maximum Gasteiger partial charge on any atom is 0.306 e. The van der Waals surface area contributed by atoms with Crippen molar-refractivity contribution in [1.29, 1.82) is 0 Å². The maximum absolute atomic E-state index is 12.9. The third-order valence-corrected chi connectivity index (χ3v) is 13.6. The van der Waals surface area contributed by atoms with E-state index >= 15 is 0 Å². The van der Waals surface area contributed by atoms with Gasteiger partial charge in [0, 0.05) is 19.3 Å². The number of allylic oxidation sites excluding steroid dienone is 22. The molecule has 0 aromatic carbocycles. The highest BCUT2D eigenvalue weighted by Gasteiger charge is 2.19. The molecule has 0 rings (SSSR count). The van der Waals surface area contributed by atoms with Gasteiger partial charge in [-0.15, -0.1) is 0 Å². The highest BCUT2D eigenvalue weighted by Crippen LogP contribution is 2.16. The van der Waals surface area contributed by atoms with Crippen molar-refractivity contribution in [3.8, 4) is 0 Å². The minimum atomic E-state index is -0.796. The molecule has 0 spiro atoms. The van der Waals surface area contributed by atoms with Crippen molar-refractivity contribution in [2.75, 3.05) is 13.2 Å². The molecule has 0 aliphatic carbocycles. The average molecular weight is 1090 g/mol. The van der Waals surface area contributed by atoms with E-state index in [2.05, 4.69) is 154 Å². The maximum atomic E-state index is 12.9. The molecule has 0 fully saturated rings. The van der Waals surface area contributed by atoms with Crippen LogP contribution in [0.4, 0.5) is 0 Å². The van der Waals surface area contributed by atoms with Gasteiger partial charge in [-0.25, -0.2) is 0 Å². The van der Waals surface area contributed by atoms with Crippen LogP contribution in [0.3, 0.4) is 0 Å². The van der Waals surface area contributed by atoms with Gasteiger partial charge < -0.3 is 14.2 Å². The summed E-state index contributed by atoms with van der Waals surface area (Å²) in [5.41, 5.74) is 0. The summed E-state index contributed by atoms with van der Waals surface area (Å²) in [6.07, 6.45) is 93.1. The monoisotopic (exact) mass is 1090 g/mol. The average Bonchev–Trinajstić information content (AvgIpc) is 3.45. The van der Waals surface area contributed by atoms with Crippen LogP contribution < -0.4 is 0 Å². The second-order valence-corrected chi connectivity index (χ2v) is 21.2. The predicted molar refractivity (Wildman–Crippen MR) is 343 cm³/mol. The Kier molecular flexibility index (Phi) is 62.3. The molecule has 0 N–H and O–H groups in total. The number of ether oxygens (including phenoxy) is 3. The second kappa shape index (κ2) is 66.1. The molecule has 0 aromatic heterocycles. The summed E-state index contributed by atoms with van der Waals surface area (Å²) in [5.74, 6) is -0.911. The molecular weight excluding hydrogens is 973 g/mol. The Labute approximate surface area is 487 Å². The summed E-state index contributed by atoms with van der Waals surface area (Å²) >= 11 is 0. The van der Waals surface area contributed by atoms with Gasteiger partial charge in [0.15, 0.2) is 6.10 Å². The van der Waals surface area contributed by atoms with Gasteiger partial charge in [-0.2, -0.15) is 0 Å². The first-order chi connectivity index (χ1) is 39.0. The molecule has 0 aliphatic rings. The standard InChI is InChI=1S/C73H120O6/c1-4-7-10-13-16-19-22-25-28-30-32-34-36-38-40-42-45-48-51-54-57-60-63-66-72(75)78-69-70(68-77-71(74)65-62-59-56-53-50-47-44-27-24-21-18-15-12-9-6-3)79-73(76)67-64-61-58-55-52-49-46-43-41-39-37-35-33-31-29-26-23-20-17-14-11-8-5-2/h7-12,16-21,25-29,32-35,44,70H,4-6,13-15,22-24,30-31,36-43,45-69H2,1-3H3/b10-7-,11-8-,12-9-,19-16-,20-17-,21-18-,28-25-,29-26-,34-32-,35-33-,44-27-. The largest absolute Gasteiger partial charge is 0.462 e. The van der Waals surface area contributed by atoms with E-state index in [1.807, 2.05) is 0 Å². The first-order valence-corrected chi connectivity index (χ1v) is 32.7. The molecule has 6 heteroatoms. The van der Waals surface area contributed by atoms with Crippen molar-refractivity contribution in [1.82, 2.24) is 0 Å². The topological polar surface area (TPSA) is 78.9 Å². The van der Waals surface area contributed by atoms with Crippen LogP contribution in [0.15, 0.2) is 134 Å². The quantitative estimate of drug-likeness (QED) is 0.0261. The SMILES string of the molecule is CC/C=C\C/C=C\C/C=C\C/C=C\CCCCCCCCCCCCC(=O)OCC(COC(=O)CCCCCCC/C=C\C/C=C\C/C=C\CC)OC(=O)CCCCCCCCCCCC/C=C\C/C=C\C/C=C\C/C=C\CC. The van der Waals surface area contributed by atoms with Crippen LogP contribution in [0, 0.1) is 0 Å². The van der Waals surface area contributed by atoms with Crippen LogP contribution in [-0.4, -0.2) is 37.2 Å². The Bertz CT molecular complexity index is 1680. The summed E-state index contributed by atoms with van der Waals surface area (Å²) in [7, 11) is 0. The summed E-state index contributed by atoms with van der Waals surface area (Å²) in [6.45, 7) is 6.30. The molecule has 0 saturated heterocycles. The molecule has 448 valence electrons. The van der Waals surface area contributed by atoms with Gasteiger partial charge in [-0.1, -0.05) is 276 Å². The molecule has 0 bridgehead atoms. The number of hydrogen-bond acceptors (Lipinski definition) is 6. The Morgan fingerprint density at radius 3 is 0.709 bits per heavy atom. The van der Waals surface area contributed by atoms with E-state index in [9.17, 15) is 14.4 Å². The van der Waals surface area contributed by atoms with Crippen LogP contribution in [0.1, 0.15) is 290 Å². The minimum Gasteiger partial charge on any atom is -0.462 e. The van der Waals surface area contributed by atoms with E-state index < -0.39 is 6.10 Å². The highest BCUT2D eigenvalue weighted by molar-refractivity contribution is 5.71. The van der Waals surface area contributed by atoms with Gasteiger partial charge in [0.2, 0.25) is 0 Å². The Balaban J connectivity index is 4.39. The zero-order chi connectivity index (χ0) is 57.1. The highest BCUT2D eigenvalue weighted by atomic mass is 16.6. The van der Waals surface area contributed by atoms with Crippen LogP contribution in [0.25, 0.3) is 0 Å². The second-order valence-electron chi connectivity index (χ2n) is 21.2. The summed E-state index contributed by atoms with van der Waals surface area (Å²) in [4.78, 5) is 38.4. The fraction of sp³-hybridized carbons (Fsp3) is 0.658. The number of rotatable bonds is 58. The molecule has 1 atom stereocenters. The molecule has 6 nitrogen and oxygen atoms in total. The fourth-order valence-corrected chi connectivity index (χ4v) is 8.85. The third-order valence-electron chi connectivity index (χ3n) is 13.6. The van der Waals surface area contributed by atoms with Crippen LogP contribution in [0.5, 0.6) is 0 Å². The lowest BCUT2D eigenvalue weighted by Crippen LogP contribution is -2.30. The molecule has 0 radical (unpaired) electrons. The number of carbonyl (C=O) groups excluding carboxylic acids is 3. The van der Waals surface area contributed by atoms with Crippen molar-refractivity contribution in [3.05, 3.63) is 134 Å².